The maximum atomic E-state index is 5.57. The molecular formula is C29H24N8O2. The van der Waals surface area contributed by atoms with Crippen LogP contribution in [-0.4, -0.2) is 59.9 Å². The highest BCUT2D eigenvalue weighted by Gasteiger charge is 2.20. The lowest BCUT2D eigenvalue weighted by atomic mass is 10.1. The number of nitrogens with one attached hydrogen (secondary N) is 2. The monoisotopic (exact) mass is 516 g/mol. The van der Waals surface area contributed by atoms with Crippen molar-refractivity contribution in [3.63, 3.8) is 0 Å². The highest BCUT2D eigenvalue weighted by Crippen LogP contribution is 2.37. The highest BCUT2D eigenvalue weighted by atomic mass is 16.7. The van der Waals surface area contributed by atoms with Gasteiger partial charge >= 0.3 is 0 Å². The molecule has 39 heavy (non-hydrogen) atoms. The molecule has 7 heterocycles. The second-order valence-corrected chi connectivity index (χ2v) is 9.94. The van der Waals surface area contributed by atoms with Crippen molar-refractivity contribution in [3.05, 3.63) is 66.6 Å². The number of fused-ring (bicyclic) bond motifs is 3. The first-order chi connectivity index (χ1) is 19.3. The van der Waals surface area contributed by atoms with Crippen molar-refractivity contribution in [3.8, 4) is 45.5 Å². The number of benzene rings is 1. The molecule has 0 bridgehead atoms. The third-order valence-corrected chi connectivity index (χ3v) is 7.37. The van der Waals surface area contributed by atoms with Crippen LogP contribution in [0, 0.1) is 0 Å². The van der Waals surface area contributed by atoms with Gasteiger partial charge in [0, 0.05) is 36.3 Å². The van der Waals surface area contributed by atoms with Crippen LogP contribution in [0.5, 0.6) is 11.5 Å². The molecule has 1 saturated heterocycles. The zero-order valence-corrected chi connectivity index (χ0v) is 21.0. The molecule has 10 heteroatoms. The van der Waals surface area contributed by atoms with Gasteiger partial charge in [0.25, 0.3) is 0 Å². The average Bonchev–Trinajstić information content (AvgIpc) is 3.78. The molecule has 0 amide bonds. The van der Waals surface area contributed by atoms with Gasteiger partial charge in [-0.25, -0.2) is 9.97 Å². The summed E-state index contributed by atoms with van der Waals surface area (Å²) >= 11 is 0. The summed E-state index contributed by atoms with van der Waals surface area (Å²) < 4.78 is 11.0. The summed E-state index contributed by atoms with van der Waals surface area (Å²) in [5.41, 5.74) is 8.53. The van der Waals surface area contributed by atoms with Crippen LogP contribution in [0.3, 0.4) is 0 Å². The molecule has 0 aliphatic carbocycles. The molecule has 2 N–H and O–H groups in total. The zero-order chi connectivity index (χ0) is 25.8. The highest BCUT2D eigenvalue weighted by molar-refractivity contribution is 5.95. The number of likely N-dealkylation sites (tertiary alicyclic amines) is 1. The van der Waals surface area contributed by atoms with Gasteiger partial charge in [0.15, 0.2) is 23.0 Å². The molecule has 0 unspecified atom stereocenters. The number of nitrogens with zero attached hydrogens (tertiary/aromatic N) is 6. The van der Waals surface area contributed by atoms with E-state index in [4.69, 9.17) is 19.4 Å². The number of hydrogen-bond acceptors (Lipinski definition) is 8. The van der Waals surface area contributed by atoms with E-state index in [0.29, 0.717) is 17.3 Å². The molecule has 5 aromatic heterocycles. The van der Waals surface area contributed by atoms with E-state index in [2.05, 4.69) is 36.1 Å². The van der Waals surface area contributed by atoms with Crippen LogP contribution >= 0.6 is 0 Å². The summed E-state index contributed by atoms with van der Waals surface area (Å²) in [7, 11) is 0. The smallest absolute Gasteiger partial charge is 0.231 e. The third kappa shape index (κ3) is 3.88. The van der Waals surface area contributed by atoms with Gasteiger partial charge in [-0.15, -0.1) is 0 Å². The molecule has 2 aliphatic heterocycles. The fourth-order valence-corrected chi connectivity index (χ4v) is 5.44. The van der Waals surface area contributed by atoms with Gasteiger partial charge in [-0.3, -0.25) is 20.0 Å². The second-order valence-electron chi connectivity index (χ2n) is 9.94. The molecule has 0 saturated carbocycles. The first-order valence-electron chi connectivity index (χ1n) is 13.1. The molecular weight excluding hydrogens is 492 g/mol. The predicted octanol–water partition coefficient (Wildman–Crippen LogP) is 4.95. The van der Waals surface area contributed by atoms with Gasteiger partial charge < -0.3 is 14.5 Å². The van der Waals surface area contributed by atoms with Crippen LogP contribution in [0.2, 0.25) is 0 Å². The number of hydrogen-bond donors (Lipinski definition) is 2. The maximum absolute atomic E-state index is 5.57. The molecule has 192 valence electrons. The molecule has 0 spiro atoms. The summed E-state index contributed by atoms with van der Waals surface area (Å²) in [5, 5.41) is 7.67. The minimum atomic E-state index is 0.225. The van der Waals surface area contributed by atoms with E-state index in [1.165, 1.54) is 18.4 Å². The largest absolute Gasteiger partial charge is 0.454 e. The fourth-order valence-electron chi connectivity index (χ4n) is 5.44. The van der Waals surface area contributed by atoms with Crippen LogP contribution in [0.1, 0.15) is 18.4 Å². The molecule has 1 fully saturated rings. The summed E-state index contributed by atoms with van der Waals surface area (Å²) in [6.45, 7) is 3.44. The summed E-state index contributed by atoms with van der Waals surface area (Å²) in [6.07, 6.45) is 8.12. The van der Waals surface area contributed by atoms with E-state index >= 15 is 0 Å². The Hall–Kier alpha value is -4.83. The Balaban J connectivity index is 1.17. The number of rotatable bonds is 5. The van der Waals surface area contributed by atoms with Crippen molar-refractivity contribution in [1.82, 2.24) is 40.0 Å². The molecule has 0 radical (unpaired) electrons. The minimum absolute atomic E-state index is 0.225. The van der Waals surface area contributed by atoms with Gasteiger partial charge in [0.1, 0.15) is 11.0 Å². The topological polar surface area (TPSA) is 118 Å². The number of aromatic amines is 2. The predicted molar refractivity (Wildman–Crippen MR) is 146 cm³/mol. The lowest BCUT2D eigenvalue weighted by Gasteiger charge is -2.14. The van der Waals surface area contributed by atoms with Crippen molar-refractivity contribution in [2.45, 2.75) is 19.4 Å². The summed E-state index contributed by atoms with van der Waals surface area (Å²) in [5.74, 6) is 2.06. The molecule has 10 nitrogen and oxygen atoms in total. The lowest BCUT2D eigenvalue weighted by Crippen LogP contribution is -2.18. The van der Waals surface area contributed by atoms with Gasteiger partial charge in [0.2, 0.25) is 6.79 Å². The first-order valence-corrected chi connectivity index (χ1v) is 13.1. The molecule has 6 aromatic rings. The Bertz CT molecular complexity index is 1850. The minimum Gasteiger partial charge on any atom is -0.454 e. The normalized spacial score (nSPS) is 15.1. The molecule has 1 aromatic carbocycles. The lowest BCUT2D eigenvalue weighted by molar-refractivity contribution is 0.174. The van der Waals surface area contributed by atoms with E-state index in [1.54, 1.807) is 6.20 Å². The van der Waals surface area contributed by atoms with Crippen molar-refractivity contribution in [2.75, 3.05) is 19.9 Å². The van der Waals surface area contributed by atoms with Crippen molar-refractivity contribution in [2.24, 2.45) is 0 Å². The van der Waals surface area contributed by atoms with Crippen LogP contribution in [0.15, 0.2) is 61.1 Å². The Morgan fingerprint density at radius 2 is 1.72 bits per heavy atom. The Labute approximate surface area is 223 Å². The summed E-state index contributed by atoms with van der Waals surface area (Å²) in [6, 6.07) is 13.9. The summed E-state index contributed by atoms with van der Waals surface area (Å²) in [4.78, 5) is 24.9. The maximum Gasteiger partial charge on any atom is 0.231 e. The molecule has 0 atom stereocenters. The van der Waals surface area contributed by atoms with Crippen molar-refractivity contribution >= 4 is 22.1 Å². The zero-order valence-electron chi connectivity index (χ0n) is 21.0. The van der Waals surface area contributed by atoms with E-state index in [1.807, 2.05) is 48.8 Å². The molecule has 2 aliphatic rings. The number of aromatic nitrogens is 7. The first kappa shape index (κ1) is 22.2. The Morgan fingerprint density at radius 1 is 0.821 bits per heavy atom. The van der Waals surface area contributed by atoms with Crippen molar-refractivity contribution in [1.29, 1.82) is 0 Å². The Morgan fingerprint density at radius 3 is 2.67 bits per heavy atom. The van der Waals surface area contributed by atoms with Crippen LogP contribution in [-0.2, 0) is 6.54 Å². The van der Waals surface area contributed by atoms with Crippen LogP contribution in [0.4, 0.5) is 0 Å². The SMILES string of the molecule is c1cc2[nH]c(-c3n[nH]c4ccc(-c5cncc(CN6CCCC6)c5)nc34)nc2c(-c2ccc3c(c2)OCO3)n1. The Kier molecular flexibility index (Phi) is 5.05. The van der Waals surface area contributed by atoms with Gasteiger partial charge in [-0.05, 0) is 74.0 Å². The van der Waals surface area contributed by atoms with E-state index in [9.17, 15) is 0 Å². The van der Waals surface area contributed by atoms with E-state index in [-0.39, 0.29) is 6.79 Å². The van der Waals surface area contributed by atoms with Crippen LogP contribution in [0.25, 0.3) is 56.1 Å². The van der Waals surface area contributed by atoms with Crippen molar-refractivity contribution < 1.29 is 9.47 Å². The number of H-pyrrole nitrogens is 2. The fraction of sp³-hybridized carbons (Fsp3) is 0.207. The number of imidazole rings is 1. The second kappa shape index (κ2) is 8.88. The standard InChI is InChI=1S/C29H24N8O2/c1-2-10-37(9-1)15-17-11-19(14-30-13-17)20-4-5-22-27(32-20)28(36-35-22)29-33-21-7-8-31-25(26(21)34-29)18-3-6-23-24(12-18)39-16-38-23/h3-8,11-14H,1-2,9-10,15-16H2,(H,33,34)(H,35,36). The molecule has 8 rings (SSSR count). The van der Waals surface area contributed by atoms with Gasteiger partial charge in [0.05, 0.1) is 22.4 Å². The van der Waals surface area contributed by atoms with Gasteiger partial charge in [-0.2, -0.15) is 5.10 Å². The quantitative estimate of drug-likeness (QED) is 0.331. The average molecular weight is 517 g/mol. The van der Waals surface area contributed by atoms with Crippen LogP contribution < -0.4 is 9.47 Å². The number of pyridine rings is 3. The van der Waals surface area contributed by atoms with E-state index in [0.717, 1.165) is 70.0 Å². The van der Waals surface area contributed by atoms with Gasteiger partial charge in [-0.1, -0.05) is 0 Å². The number of ether oxygens (including phenoxy) is 2. The van der Waals surface area contributed by atoms with E-state index < -0.39 is 0 Å². The third-order valence-electron chi connectivity index (χ3n) is 7.37.